The molecule has 1 aromatic heterocycles. The molecule has 0 saturated heterocycles. The van der Waals surface area contributed by atoms with Crippen LogP contribution in [0.25, 0.3) is 0 Å². The number of aryl methyl sites for hydroxylation is 2. The molecule has 2 aromatic rings. The molecule has 0 radical (unpaired) electrons. The lowest BCUT2D eigenvalue weighted by Crippen LogP contribution is -2.22. The Kier molecular flexibility index (Phi) is 4.76. The van der Waals surface area contributed by atoms with Crippen LogP contribution in [-0.2, 0) is 0 Å². The third-order valence-corrected chi connectivity index (χ3v) is 5.31. The van der Waals surface area contributed by atoms with Crippen LogP contribution in [0, 0.1) is 19.7 Å². The van der Waals surface area contributed by atoms with Crippen LogP contribution in [0.1, 0.15) is 34.5 Å². The molecule has 0 spiro atoms. The molecule has 0 bridgehead atoms. The van der Waals surface area contributed by atoms with Crippen molar-refractivity contribution in [2.75, 3.05) is 6.54 Å². The Morgan fingerprint density at radius 2 is 2.00 bits per heavy atom. The second-order valence-corrected chi connectivity index (χ2v) is 7.00. The summed E-state index contributed by atoms with van der Waals surface area (Å²) in [7, 11) is 0. The van der Waals surface area contributed by atoms with Crippen LogP contribution in [0.3, 0.4) is 0 Å². The fourth-order valence-corrected chi connectivity index (χ4v) is 3.82. The summed E-state index contributed by atoms with van der Waals surface area (Å²) in [5, 5.41) is 3.48. The third kappa shape index (κ3) is 3.25. The summed E-state index contributed by atoms with van der Waals surface area (Å²) in [5.41, 5.74) is 3.35. The van der Waals surface area contributed by atoms with Crippen molar-refractivity contribution in [3.8, 4) is 0 Å². The second-order valence-electron chi connectivity index (χ2n) is 4.60. The van der Waals surface area contributed by atoms with Crippen LogP contribution >= 0.6 is 27.3 Å². The molecular formula is C15H17BrFNS. The lowest BCUT2D eigenvalue weighted by atomic mass is 9.99. The van der Waals surface area contributed by atoms with Crippen molar-refractivity contribution >= 4 is 27.3 Å². The smallest absolute Gasteiger partial charge is 0.123 e. The lowest BCUT2D eigenvalue weighted by Gasteiger charge is -2.19. The minimum atomic E-state index is -0.181. The van der Waals surface area contributed by atoms with Gasteiger partial charge in [0.25, 0.3) is 0 Å². The largest absolute Gasteiger partial charge is 0.306 e. The van der Waals surface area contributed by atoms with E-state index in [4.69, 9.17) is 0 Å². The summed E-state index contributed by atoms with van der Waals surface area (Å²) in [6.45, 7) is 7.00. The highest BCUT2D eigenvalue weighted by molar-refractivity contribution is 9.11. The maximum absolute atomic E-state index is 13.2. The van der Waals surface area contributed by atoms with E-state index in [0.29, 0.717) is 0 Å². The van der Waals surface area contributed by atoms with Crippen LogP contribution in [0.2, 0.25) is 0 Å². The number of hydrogen-bond acceptors (Lipinski definition) is 2. The average Bonchev–Trinajstić information content (AvgIpc) is 2.67. The van der Waals surface area contributed by atoms with E-state index in [-0.39, 0.29) is 11.9 Å². The molecule has 1 N–H and O–H groups in total. The van der Waals surface area contributed by atoms with E-state index in [2.05, 4.69) is 41.2 Å². The first-order valence-electron chi connectivity index (χ1n) is 6.28. The zero-order valence-corrected chi connectivity index (χ0v) is 13.7. The summed E-state index contributed by atoms with van der Waals surface area (Å²) in [5.74, 6) is -0.181. The molecule has 1 atom stereocenters. The highest BCUT2D eigenvalue weighted by atomic mass is 79.9. The van der Waals surface area contributed by atoms with Gasteiger partial charge in [-0.2, -0.15) is 0 Å². The van der Waals surface area contributed by atoms with Crippen molar-refractivity contribution in [3.63, 3.8) is 0 Å². The summed E-state index contributed by atoms with van der Waals surface area (Å²) >= 11 is 5.30. The monoisotopic (exact) mass is 341 g/mol. The van der Waals surface area contributed by atoms with Crippen LogP contribution in [-0.4, -0.2) is 6.54 Å². The van der Waals surface area contributed by atoms with E-state index in [1.165, 1.54) is 16.5 Å². The van der Waals surface area contributed by atoms with Gasteiger partial charge in [-0.15, -0.1) is 11.3 Å². The number of halogens is 2. The SMILES string of the molecule is CCNC(c1cc(C)c(Br)s1)c1ccc(F)cc1C. The summed E-state index contributed by atoms with van der Waals surface area (Å²) in [6, 6.07) is 7.31. The van der Waals surface area contributed by atoms with Gasteiger partial charge in [-0.25, -0.2) is 4.39 Å². The van der Waals surface area contributed by atoms with Gasteiger partial charge < -0.3 is 5.32 Å². The van der Waals surface area contributed by atoms with Gasteiger partial charge in [0.1, 0.15) is 5.82 Å². The first-order chi connectivity index (χ1) is 9.02. The Labute approximate surface area is 126 Å². The molecule has 4 heteroatoms. The van der Waals surface area contributed by atoms with Crippen molar-refractivity contribution in [3.05, 3.63) is 55.4 Å². The Bertz CT molecular complexity index is 560. The van der Waals surface area contributed by atoms with Gasteiger partial charge in [0.05, 0.1) is 9.83 Å². The fourth-order valence-electron chi connectivity index (χ4n) is 2.16. The van der Waals surface area contributed by atoms with Crippen LogP contribution in [0.5, 0.6) is 0 Å². The predicted molar refractivity (Wildman–Crippen MR) is 83.4 cm³/mol. The van der Waals surface area contributed by atoms with E-state index < -0.39 is 0 Å². The molecule has 0 saturated carbocycles. The lowest BCUT2D eigenvalue weighted by molar-refractivity contribution is 0.613. The quantitative estimate of drug-likeness (QED) is 0.828. The number of nitrogens with one attached hydrogen (secondary N) is 1. The molecule has 0 aliphatic rings. The molecule has 0 aliphatic heterocycles. The van der Waals surface area contributed by atoms with Gasteiger partial charge in [-0.1, -0.05) is 13.0 Å². The van der Waals surface area contributed by atoms with Gasteiger partial charge in [-0.05, 0) is 71.2 Å². The molecule has 1 nitrogen and oxygen atoms in total. The Hall–Kier alpha value is -0.710. The predicted octanol–water partition coefficient (Wildman–Crippen LogP) is 4.97. The number of benzene rings is 1. The normalized spacial score (nSPS) is 12.7. The van der Waals surface area contributed by atoms with Gasteiger partial charge in [-0.3, -0.25) is 0 Å². The van der Waals surface area contributed by atoms with E-state index in [0.717, 1.165) is 21.5 Å². The van der Waals surface area contributed by atoms with Crippen molar-refractivity contribution in [2.24, 2.45) is 0 Å². The van der Waals surface area contributed by atoms with Crippen LogP contribution in [0.15, 0.2) is 28.1 Å². The summed E-state index contributed by atoms with van der Waals surface area (Å²) < 4.78 is 14.4. The highest BCUT2D eigenvalue weighted by Gasteiger charge is 2.18. The number of hydrogen-bond donors (Lipinski definition) is 1. The van der Waals surface area contributed by atoms with E-state index in [1.807, 2.05) is 13.0 Å². The van der Waals surface area contributed by atoms with Gasteiger partial charge in [0, 0.05) is 4.88 Å². The third-order valence-electron chi connectivity index (χ3n) is 3.11. The Morgan fingerprint density at radius 1 is 1.26 bits per heavy atom. The Balaban J connectivity index is 2.44. The van der Waals surface area contributed by atoms with Gasteiger partial charge >= 0.3 is 0 Å². The zero-order chi connectivity index (χ0) is 14.0. The van der Waals surface area contributed by atoms with Crippen LogP contribution in [0.4, 0.5) is 4.39 Å². The molecule has 102 valence electrons. The minimum absolute atomic E-state index is 0.126. The standard InChI is InChI=1S/C15H17BrFNS/c1-4-18-14(13-8-10(3)15(16)19-13)12-6-5-11(17)7-9(12)2/h5-8,14,18H,4H2,1-3H3. The van der Waals surface area contributed by atoms with Crippen molar-refractivity contribution < 1.29 is 4.39 Å². The van der Waals surface area contributed by atoms with Crippen LogP contribution < -0.4 is 5.32 Å². The van der Waals surface area contributed by atoms with E-state index >= 15 is 0 Å². The molecule has 1 heterocycles. The molecule has 0 fully saturated rings. The molecular weight excluding hydrogens is 325 g/mol. The topological polar surface area (TPSA) is 12.0 Å². The number of thiophene rings is 1. The van der Waals surface area contributed by atoms with Crippen molar-refractivity contribution in [2.45, 2.75) is 26.8 Å². The molecule has 0 amide bonds. The fraction of sp³-hybridized carbons (Fsp3) is 0.333. The van der Waals surface area contributed by atoms with Crippen molar-refractivity contribution in [1.29, 1.82) is 0 Å². The van der Waals surface area contributed by atoms with Gasteiger partial charge in [0.15, 0.2) is 0 Å². The summed E-state index contributed by atoms with van der Waals surface area (Å²) in [6.07, 6.45) is 0. The average molecular weight is 342 g/mol. The molecule has 19 heavy (non-hydrogen) atoms. The maximum Gasteiger partial charge on any atom is 0.123 e. The first kappa shape index (κ1) is 14.7. The molecule has 0 aliphatic carbocycles. The van der Waals surface area contributed by atoms with E-state index in [9.17, 15) is 4.39 Å². The summed E-state index contributed by atoms with van der Waals surface area (Å²) in [4.78, 5) is 1.25. The second kappa shape index (κ2) is 6.16. The Morgan fingerprint density at radius 3 is 2.53 bits per heavy atom. The molecule has 1 aromatic carbocycles. The molecule has 1 unspecified atom stereocenters. The van der Waals surface area contributed by atoms with E-state index in [1.54, 1.807) is 17.4 Å². The zero-order valence-electron chi connectivity index (χ0n) is 11.3. The van der Waals surface area contributed by atoms with Gasteiger partial charge in [0.2, 0.25) is 0 Å². The first-order valence-corrected chi connectivity index (χ1v) is 7.89. The maximum atomic E-state index is 13.2. The number of rotatable bonds is 4. The van der Waals surface area contributed by atoms with Crippen molar-refractivity contribution in [1.82, 2.24) is 5.32 Å². The highest BCUT2D eigenvalue weighted by Crippen LogP contribution is 2.35. The molecule has 2 rings (SSSR count). The minimum Gasteiger partial charge on any atom is -0.306 e.